The van der Waals surface area contributed by atoms with Crippen LogP contribution in [0.15, 0.2) is 60.7 Å². The first kappa shape index (κ1) is 30.3. The number of hydrogen-bond acceptors (Lipinski definition) is 6. The number of rotatable bonds is 10. The lowest BCUT2D eigenvalue weighted by Gasteiger charge is -2.16. The average molecular weight is 626 g/mol. The fourth-order valence-electron chi connectivity index (χ4n) is 5.33. The fourth-order valence-corrected chi connectivity index (χ4v) is 5.33. The third-order valence-electron chi connectivity index (χ3n) is 8.10. The Hall–Kier alpha value is -5.75. The molecule has 3 aromatic carbocycles. The Bertz CT molecular complexity index is 2110. The highest BCUT2D eigenvalue weighted by atomic mass is 19.1. The molecule has 0 unspecified atom stereocenters. The largest absolute Gasteiger partial charge is 0.478 e. The van der Waals surface area contributed by atoms with Crippen LogP contribution in [0.1, 0.15) is 52.1 Å². The molecule has 2 aromatic heterocycles. The second kappa shape index (κ2) is 12.0. The number of fused-ring (bicyclic) bond motifs is 1. The average Bonchev–Trinajstić information content (AvgIpc) is 3.72. The smallest absolute Gasteiger partial charge is 0.335 e. The Kier molecular flexibility index (Phi) is 7.88. The quantitative estimate of drug-likeness (QED) is 0.164. The van der Waals surface area contributed by atoms with Gasteiger partial charge in [-0.15, -0.1) is 0 Å². The van der Waals surface area contributed by atoms with Crippen LogP contribution in [0.3, 0.4) is 0 Å². The normalized spacial score (nSPS) is 13.3. The van der Waals surface area contributed by atoms with Gasteiger partial charge in [-0.25, -0.2) is 32.3 Å². The Morgan fingerprint density at radius 2 is 1.70 bits per heavy atom. The van der Waals surface area contributed by atoms with E-state index in [0.717, 1.165) is 43.2 Å². The molecule has 2 heterocycles. The molecule has 0 radical (unpaired) electrons. The lowest BCUT2D eigenvalue weighted by atomic mass is 10.0. The van der Waals surface area contributed by atoms with Gasteiger partial charge in [0.15, 0.2) is 5.82 Å². The van der Waals surface area contributed by atoms with E-state index >= 15 is 8.78 Å². The van der Waals surface area contributed by atoms with Crippen LogP contribution in [0, 0.1) is 51.3 Å². The summed E-state index contributed by atoms with van der Waals surface area (Å²) in [6.45, 7) is -0.0579. The number of hydrogen-bond donors (Lipinski definition) is 1. The van der Waals surface area contributed by atoms with E-state index in [2.05, 4.69) is 16.0 Å². The summed E-state index contributed by atoms with van der Waals surface area (Å²) in [5.41, 5.74) is 0.460. The molecule has 230 valence electrons. The lowest BCUT2D eigenvalue weighted by molar-refractivity contribution is 0.0697. The number of imidazole rings is 1. The third-order valence-corrected chi connectivity index (χ3v) is 8.10. The molecule has 0 saturated heterocycles. The molecule has 12 heteroatoms. The van der Waals surface area contributed by atoms with E-state index in [9.17, 15) is 23.9 Å². The molecule has 1 N–H and O–H groups in total. The number of benzene rings is 3. The molecular weight excluding hydrogens is 602 g/mol. The number of carbonyl (C=O) groups is 1. The summed E-state index contributed by atoms with van der Waals surface area (Å²) >= 11 is 0. The number of nitriles is 2. The van der Waals surface area contributed by atoms with Gasteiger partial charge in [0.05, 0.1) is 40.0 Å². The summed E-state index contributed by atoms with van der Waals surface area (Å²) in [7, 11) is 0. The number of carboxylic acid groups (broad SMARTS) is 1. The fraction of sp³-hybridized carbons (Fsp3) is 0.206. The predicted octanol–water partition coefficient (Wildman–Crippen LogP) is 7.09. The van der Waals surface area contributed by atoms with Gasteiger partial charge in [-0.05, 0) is 73.0 Å². The summed E-state index contributed by atoms with van der Waals surface area (Å²) < 4.78 is 67.0. The van der Waals surface area contributed by atoms with Crippen LogP contribution in [-0.4, -0.2) is 25.6 Å². The van der Waals surface area contributed by atoms with Crippen LogP contribution in [0.2, 0.25) is 0 Å². The van der Waals surface area contributed by atoms with E-state index in [1.807, 2.05) is 0 Å². The molecule has 0 spiro atoms. The second-order valence-electron chi connectivity index (χ2n) is 11.2. The SMILES string of the molecule is N#CCC1(Cn2c(Cc3cc(F)c(-c4ccc(F)c(OCc5ccc(C#N)cc5F)n4)cc3F)nc3ccc(C(=O)O)cc32)CC1. The topological polar surface area (TPSA) is 125 Å². The van der Waals surface area contributed by atoms with Gasteiger partial charge >= 0.3 is 5.97 Å². The van der Waals surface area contributed by atoms with Crippen molar-refractivity contribution in [3.05, 3.63) is 112 Å². The number of halogens is 4. The van der Waals surface area contributed by atoms with Crippen LogP contribution in [0.4, 0.5) is 17.6 Å². The molecule has 0 aliphatic heterocycles. The first-order chi connectivity index (χ1) is 22.1. The summed E-state index contributed by atoms with van der Waals surface area (Å²) in [6, 6.07) is 16.2. The van der Waals surface area contributed by atoms with Gasteiger partial charge in [0.1, 0.15) is 29.9 Å². The molecule has 46 heavy (non-hydrogen) atoms. The van der Waals surface area contributed by atoms with E-state index in [4.69, 9.17) is 10.00 Å². The minimum absolute atomic E-state index is 0.0312. The van der Waals surface area contributed by atoms with Gasteiger partial charge in [-0.2, -0.15) is 10.5 Å². The molecule has 0 atom stereocenters. The number of pyridine rings is 1. The van der Waals surface area contributed by atoms with Crippen molar-refractivity contribution >= 4 is 17.0 Å². The van der Waals surface area contributed by atoms with Crippen LogP contribution in [-0.2, 0) is 19.6 Å². The van der Waals surface area contributed by atoms with Gasteiger partial charge in [0.25, 0.3) is 5.88 Å². The first-order valence-electron chi connectivity index (χ1n) is 14.2. The number of carboxylic acids is 1. The van der Waals surface area contributed by atoms with Gasteiger partial charge < -0.3 is 14.4 Å². The Morgan fingerprint density at radius 3 is 2.39 bits per heavy atom. The maximum absolute atomic E-state index is 15.6. The minimum atomic E-state index is -1.12. The summed E-state index contributed by atoms with van der Waals surface area (Å²) in [4.78, 5) is 20.2. The highest BCUT2D eigenvalue weighted by Gasteiger charge is 2.43. The standard InChI is InChI=1S/C34H23F4N5O3/c35-24-4-6-28(42-32(24)46-17-21-2-1-19(16-40)11-25(21)36)23-15-26(37)22(12-27(23)38)14-31-41-29-5-3-20(33(44)45)13-30(29)43(31)18-34(7-8-34)9-10-39/h1-6,11-13,15H,7-9,14,17-18H2,(H,44,45). The summed E-state index contributed by atoms with van der Waals surface area (Å²) in [5.74, 6) is -4.56. The van der Waals surface area contributed by atoms with Crippen LogP contribution in [0.5, 0.6) is 5.88 Å². The molecular formula is C34H23F4N5O3. The first-order valence-corrected chi connectivity index (χ1v) is 14.2. The van der Waals surface area contributed by atoms with Crippen molar-refractivity contribution in [1.82, 2.24) is 14.5 Å². The van der Waals surface area contributed by atoms with Crippen molar-refractivity contribution in [3.63, 3.8) is 0 Å². The molecule has 0 amide bonds. The maximum Gasteiger partial charge on any atom is 0.335 e. The zero-order valence-electron chi connectivity index (χ0n) is 24.0. The van der Waals surface area contributed by atoms with Crippen molar-refractivity contribution in [2.24, 2.45) is 5.41 Å². The predicted molar refractivity (Wildman–Crippen MR) is 156 cm³/mol. The minimum Gasteiger partial charge on any atom is -0.478 e. The molecule has 1 fully saturated rings. The Morgan fingerprint density at radius 1 is 0.913 bits per heavy atom. The second-order valence-corrected chi connectivity index (χ2v) is 11.2. The maximum atomic E-state index is 15.6. The summed E-state index contributed by atoms with van der Waals surface area (Å²) in [5, 5.41) is 27.7. The van der Waals surface area contributed by atoms with Gasteiger partial charge in [-0.3, -0.25) is 0 Å². The molecule has 1 aliphatic carbocycles. The molecule has 6 rings (SSSR count). The highest BCUT2D eigenvalue weighted by molar-refractivity contribution is 5.92. The number of nitrogens with zero attached hydrogens (tertiary/aromatic N) is 5. The zero-order chi connectivity index (χ0) is 32.6. The number of aromatic carboxylic acids is 1. The molecule has 5 aromatic rings. The molecule has 1 saturated carbocycles. The molecule has 8 nitrogen and oxygen atoms in total. The third kappa shape index (κ3) is 5.97. The van der Waals surface area contributed by atoms with Crippen molar-refractivity contribution in [2.75, 3.05) is 0 Å². The van der Waals surface area contributed by atoms with Crippen LogP contribution in [0.25, 0.3) is 22.3 Å². The van der Waals surface area contributed by atoms with Gasteiger partial charge in [0.2, 0.25) is 0 Å². The van der Waals surface area contributed by atoms with Crippen LogP contribution >= 0.6 is 0 Å². The van der Waals surface area contributed by atoms with Gasteiger partial charge in [0, 0.05) is 35.9 Å². The van der Waals surface area contributed by atoms with E-state index in [0.29, 0.717) is 29.8 Å². The van der Waals surface area contributed by atoms with Crippen molar-refractivity contribution in [2.45, 2.75) is 38.8 Å². The van der Waals surface area contributed by atoms with E-state index < -0.39 is 41.7 Å². The van der Waals surface area contributed by atoms with E-state index in [-0.39, 0.29) is 45.3 Å². The highest BCUT2D eigenvalue weighted by Crippen LogP contribution is 2.50. The lowest BCUT2D eigenvalue weighted by Crippen LogP contribution is -2.15. The number of aromatic nitrogens is 3. The Labute approximate surface area is 259 Å². The molecule has 1 aliphatic rings. The van der Waals surface area contributed by atoms with E-state index in [1.54, 1.807) is 16.7 Å². The van der Waals surface area contributed by atoms with Gasteiger partial charge in [-0.1, -0.05) is 6.07 Å². The Balaban J connectivity index is 1.30. The van der Waals surface area contributed by atoms with Crippen LogP contribution < -0.4 is 4.74 Å². The summed E-state index contributed by atoms with van der Waals surface area (Å²) in [6.07, 6.45) is 1.76. The zero-order valence-corrected chi connectivity index (χ0v) is 24.0. The van der Waals surface area contributed by atoms with E-state index in [1.165, 1.54) is 24.3 Å². The number of ether oxygens (including phenoxy) is 1. The van der Waals surface area contributed by atoms with Crippen molar-refractivity contribution < 1.29 is 32.2 Å². The van der Waals surface area contributed by atoms with Crippen molar-refractivity contribution in [1.29, 1.82) is 10.5 Å². The molecule has 0 bridgehead atoms. The monoisotopic (exact) mass is 625 g/mol. The van der Waals surface area contributed by atoms with Crippen molar-refractivity contribution in [3.8, 4) is 29.3 Å².